The Hall–Kier alpha value is -1.84. The fraction of sp³-hybridized carbons (Fsp3) is 0.768. The first-order chi connectivity index (χ1) is 54.6. The van der Waals surface area contributed by atoms with Crippen LogP contribution in [-0.2, 0) is 60.3 Å². The molecule has 1 amide bonds. The van der Waals surface area contributed by atoms with E-state index in [0.717, 1.165) is 79.5 Å². The number of likely N-dealkylation sites (tertiary alicyclic amines) is 1. The first-order valence-corrected chi connectivity index (χ1v) is 59.2. The number of hydrogen-bond acceptors (Lipinski definition) is 13. The average Bonchev–Trinajstić information content (AvgIpc) is 0.733. The summed E-state index contributed by atoms with van der Waals surface area (Å²) in [6.07, 6.45) is 9.00. The number of ether oxygens (including phenoxy) is 4. The van der Waals surface area contributed by atoms with Gasteiger partial charge in [-0.2, -0.15) is 0 Å². The first kappa shape index (κ1) is 107. The van der Waals surface area contributed by atoms with E-state index in [-0.39, 0.29) is 82.4 Å². The van der Waals surface area contributed by atoms with Gasteiger partial charge >= 0.3 is 5.97 Å². The van der Waals surface area contributed by atoms with E-state index in [1.165, 1.54) is 15.3 Å². The maximum absolute atomic E-state index is 16.0. The summed E-state index contributed by atoms with van der Waals surface area (Å²) in [5.74, 6) is -3.90. The Morgan fingerprint density at radius 1 is 0.560 bits per heavy atom. The van der Waals surface area contributed by atoms with Crippen molar-refractivity contribution in [3.8, 4) is 0 Å². The molecular formula is C95H167I2NO13Si5. The number of Topliss-reactive ketones (excluding diaryl/α,β-unsaturated/α-hetero) is 2. The highest BCUT2D eigenvalue weighted by Crippen LogP contribution is 2.49. The van der Waals surface area contributed by atoms with Gasteiger partial charge < -0.3 is 46.0 Å². The summed E-state index contributed by atoms with van der Waals surface area (Å²) in [6, 6.07) is 26.4. The van der Waals surface area contributed by atoms with Gasteiger partial charge in [-0.1, -0.05) is 298 Å². The summed E-state index contributed by atoms with van der Waals surface area (Å²) in [4.78, 5) is 62.0. The highest BCUT2D eigenvalue weighted by molar-refractivity contribution is 14.1. The summed E-state index contributed by atoms with van der Waals surface area (Å²) in [5, 5.41) is 2.23. The first-order valence-electron chi connectivity index (χ1n) is 45.5. The zero-order valence-electron chi connectivity index (χ0n) is 78.7. The molecule has 664 valence electrons. The van der Waals surface area contributed by atoms with Crippen LogP contribution in [-0.4, -0.2) is 159 Å². The van der Waals surface area contributed by atoms with Crippen molar-refractivity contribution in [1.29, 1.82) is 0 Å². The quantitative estimate of drug-likeness (QED) is 0.0154. The van der Waals surface area contributed by atoms with Crippen molar-refractivity contribution in [2.75, 3.05) is 27.9 Å². The Morgan fingerprint density at radius 3 is 1.53 bits per heavy atom. The van der Waals surface area contributed by atoms with Crippen molar-refractivity contribution < 1.29 is 60.3 Å². The summed E-state index contributed by atoms with van der Waals surface area (Å²) >= 11 is 4.61. The fourth-order valence-corrected chi connectivity index (χ4v) is 43.8. The maximum atomic E-state index is 16.0. The van der Waals surface area contributed by atoms with E-state index in [9.17, 15) is 9.59 Å². The van der Waals surface area contributed by atoms with E-state index in [2.05, 4.69) is 309 Å². The number of nitrogens with zero attached hydrogens (tertiary/aromatic N) is 1. The normalized spacial score (nSPS) is 20.8. The summed E-state index contributed by atoms with van der Waals surface area (Å²) in [7, 11) is -7.34. The molecule has 1 aliphatic heterocycles. The number of benzene rings is 2. The zero-order valence-corrected chi connectivity index (χ0v) is 88.0. The molecule has 16 atom stereocenters. The minimum atomic E-state index is -2.97. The Bertz CT molecular complexity index is 3220. The number of halogens is 2. The average molecular weight is 1930 g/mol. The van der Waals surface area contributed by atoms with Gasteiger partial charge in [-0.25, -0.2) is 4.79 Å². The monoisotopic (exact) mass is 1920 g/mol. The summed E-state index contributed by atoms with van der Waals surface area (Å²) in [5.41, 5.74) is 4.00. The predicted octanol–water partition coefficient (Wildman–Crippen LogP) is 24.9. The molecule has 1 saturated heterocycles. The molecule has 2 aromatic rings. The Labute approximate surface area is 741 Å². The van der Waals surface area contributed by atoms with Crippen molar-refractivity contribution in [2.24, 2.45) is 35.5 Å². The van der Waals surface area contributed by atoms with E-state index >= 15 is 9.59 Å². The molecule has 4 rings (SSSR count). The molecule has 21 heteroatoms. The highest BCUT2D eigenvalue weighted by Gasteiger charge is 2.55. The second-order valence-electron chi connectivity index (χ2n) is 38.3. The lowest BCUT2D eigenvalue weighted by Gasteiger charge is -2.49. The van der Waals surface area contributed by atoms with Gasteiger partial charge in [0.25, 0.3) is 20.0 Å². The molecule has 0 aromatic heterocycles. The fourth-order valence-electron chi connectivity index (χ4n) is 20.9. The van der Waals surface area contributed by atoms with Crippen molar-refractivity contribution in [3.63, 3.8) is 0 Å². The van der Waals surface area contributed by atoms with Crippen LogP contribution in [0.25, 0.3) is 0 Å². The maximum Gasteiger partial charge on any atom is 0.329 e. The van der Waals surface area contributed by atoms with Crippen LogP contribution in [0.3, 0.4) is 0 Å². The van der Waals surface area contributed by atoms with E-state index in [0.29, 0.717) is 67.5 Å². The SMILES string of the molecule is CC[Si](CC)(CC)O[C@@H]([C@H](OC)[C@H](O[Si](C(C)C)(C(C)C)C(C)C)/C(C)=C/[C@@H](C)[C@H](C[C@H](OC(=O)[C@@H]1CCCCN1C(=O)C(=O)C(=O)[C@H](C)CC[C@@H](C[C@H](OC)/C(C)=C/I)O[Si](C(C)C)(C(C)C)C(C)C)[C@H](C)C[C@@H]1CC[C@@H](O[Si](c2ccccc2)(c2ccccc2)C(C)(C)C)[C@H](OC)C1)O[Si](CC)(CC)CC)[C@H](C)C[C@H](C)/C=C/I. The number of amides is 1. The number of carbonyl (C=O) groups is 4. The van der Waals surface area contributed by atoms with Crippen LogP contribution in [0.15, 0.2) is 92.1 Å². The van der Waals surface area contributed by atoms with Crippen molar-refractivity contribution in [1.82, 2.24) is 4.90 Å². The van der Waals surface area contributed by atoms with E-state index in [1.54, 1.807) is 14.0 Å². The molecule has 1 heterocycles. The minimum absolute atomic E-state index is 0.131. The lowest BCUT2D eigenvalue weighted by molar-refractivity contribution is -0.167. The molecule has 0 unspecified atom stereocenters. The minimum Gasteiger partial charge on any atom is -0.460 e. The number of piperidine rings is 1. The zero-order chi connectivity index (χ0) is 87.6. The number of hydrogen-bond donors (Lipinski definition) is 0. The Kier molecular flexibility index (Phi) is 45.7. The van der Waals surface area contributed by atoms with Crippen LogP contribution in [0.2, 0.25) is 74.5 Å². The second-order valence-corrected chi connectivity index (χ2v) is 64.2. The van der Waals surface area contributed by atoms with Gasteiger partial charge in [0.1, 0.15) is 18.2 Å². The Morgan fingerprint density at radius 2 is 1.07 bits per heavy atom. The molecule has 14 nitrogen and oxygen atoms in total. The number of ketones is 2. The van der Waals surface area contributed by atoms with Crippen LogP contribution < -0.4 is 10.4 Å². The molecule has 1 saturated carbocycles. The van der Waals surface area contributed by atoms with E-state index in [4.69, 9.17) is 41.1 Å². The molecule has 2 fully saturated rings. The van der Waals surface area contributed by atoms with Gasteiger partial charge in [-0.05, 0) is 212 Å². The van der Waals surface area contributed by atoms with Crippen LogP contribution in [0.4, 0.5) is 0 Å². The molecular weight excluding hydrogens is 1760 g/mol. The topological polar surface area (TPSA) is 155 Å². The Balaban J connectivity index is 1.98. The van der Waals surface area contributed by atoms with Gasteiger partial charge in [0.2, 0.25) is 22.4 Å². The standard InChI is InChI=1S/C95H167I2NO13Si5/c1-32-112(33-2,34-3)108-86(73(21)59-76(24)91(111-115(68(13)14,69(15)16)70(17)18)92(105-31)90(75(23)58-71(19)55-56-96)110-113(35-4,36-5)37-6)63-85(74(22)60-78-52-54-83(87(61-78)104-30)109-116(95(26,27)28,80-46-40-38-41-47-80)81-48-42-39-43-49-81)106-94(102)82-50-44-45-57-98(82)93(101)89(100)88(99)72(20)51-53-79(62-84(103-29)77(25)64-97)107-114(65(7)8,66(9)10)67(11)12/h38-43,46-49,55-56,59,64-75,78-79,82-87,90-92H,32-37,44-45,50-54,57-58,60-63H2,1-31H3/b56-55+,76-59+,77-64+/t71-,72-,73-,74-,75-,78+,79+,82+,83-,84+,85+,86+,87-,90-,91-,92+/m1/s1. The van der Waals surface area contributed by atoms with Gasteiger partial charge in [-0.3, -0.25) is 14.4 Å². The lowest BCUT2D eigenvalue weighted by Crippen LogP contribution is -2.68. The molecule has 0 bridgehead atoms. The van der Waals surface area contributed by atoms with Gasteiger partial charge in [0.05, 0.1) is 36.6 Å². The third-order valence-corrected chi connectivity index (χ3v) is 56.2. The third-order valence-electron chi connectivity index (χ3n) is 28.2. The van der Waals surface area contributed by atoms with Crippen molar-refractivity contribution >= 4 is 121 Å². The summed E-state index contributed by atoms with van der Waals surface area (Å²) in [6.45, 7) is 64.1. The molecule has 2 aromatic carbocycles. The number of allylic oxidation sites excluding steroid dienone is 1. The van der Waals surface area contributed by atoms with Gasteiger partial charge in [0, 0.05) is 52.7 Å². The molecule has 0 spiro atoms. The van der Waals surface area contributed by atoms with Crippen molar-refractivity contribution in [3.05, 3.63) is 92.1 Å². The number of rotatable bonds is 52. The number of methoxy groups -OCH3 is 3. The highest BCUT2D eigenvalue weighted by atomic mass is 127. The largest absolute Gasteiger partial charge is 0.460 e. The van der Waals surface area contributed by atoms with Gasteiger partial charge in [0.15, 0.2) is 16.6 Å². The van der Waals surface area contributed by atoms with Crippen LogP contribution in [0, 0.1) is 35.5 Å². The lowest BCUT2D eigenvalue weighted by atomic mass is 9.78. The van der Waals surface area contributed by atoms with Crippen molar-refractivity contribution in [2.45, 2.75) is 406 Å². The number of carbonyl (C=O) groups excluding carboxylic acids is 4. The smallest absolute Gasteiger partial charge is 0.329 e. The van der Waals surface area contributed by atoms with Crippen LogP contribution >= 0.6 is 45.2 Å². The third kappa shape index (κ3) is 27.1. The second kappa shape index (κ2) is 49.8. The molecule has 0 radical (unpaired) electrons. The van der Waals surface area contributed by atoms with E-state index in [1.807, 2.05) is 18.3 Å². The van der Waals surface area contributed by atoms with Crippen LogP contribution in [0.1, 0.15) is 271 Å². The molecule has 0 N–H and O–H groups in total. The predicted molar refractivity (Wildman–Crippen MR) is 516 cm³/mol. The molecule has 116 heavy (non-hydrogen) atoms. The number of esters is 1. The van der Waals surface area contributed by atoms with E-state index < -0.39 is 101 Å². The van der Waals surface area contributed by atoms with Crippen LogP contribution in [0.5, 0.6) is 0 Å². The molecule has 2 aliphatic rings. The van der Waals surface area contributed by atoms with Gasteiger partial charge in [-0.15, -0.1) is 0 Å². The molecule has 1 aliphatic carbocycles. The summed E-state index contributed by atoms with van der Waals surface area (Å²) < 4.78 is 70.6.